The Labute approximate surface area is 152 Å². The number of hydrogen-bond donors (Lipinski definition) is 0. The number of methoxy groups -OCH3 is 1. The summed E-state index contributed by atoms with van der Waals surface area (Å²) in [5, 5.41) is 4.21. The first-order valence-electron chi connectivity index (χ1n) is 8.35. The van der Waals surface area contributed by atoms with Crippen LogP contribution in [0.25, 0.3) is 0 Å². The highest BCUT2D eigenvalue weighted by Gasteiger charge is 2.33. The van der Waals surface area contributed by atoms with Gasteiger partial charge < -0.3 is 9.47 Å². The van der Waals surface area contributed by atoms with Gasteiger partial charge in [-0.15, -0.1) is 0 Å². The normalized spacial score (nSPS) is 18.8. The van der Waals surface area contributed by atoms with Gasteiger partial charge in [-0.2, -0.15) is 9.40 Å². The maximum absolute atomic E-state index is 14.3. The number of morpholine rings is 1. The average Bonchev–Trinajstić information content (AvgIpc) is 3.13. The predicted molar refractivity (Wildman–Crippen MR) is 93.0 cm³/mol. The van der Waals surface area contributed by atoms with Gasteiger partial charge in [-0.1, -0.05) is 0 Å². The molecule has 7 nitrogen and oxygen atoms in total. The van der Waals surface area contributed by atoms with Gasteiger partial charge in [0.15, 0.2) is 11.6 Å². The zero-order valence-electron chi connectivity index (χ0n) is 15.0. The Hall–Kier alpha value is -1.97. The van der Waals surface area contributed by atoms with Gasteiger partial charge in [-0.3, -0.25) is 4.68 Å². The fourth-order valence-electron chi connectivity index (χ4n) is 2.98. The highest BCUT2D eigenvalue weighted by Crippen LogP contribution is 2.31. The van der Waals surface area contributed by atoms with Crippen molar-refractivity contribution in [3.63, 3.8) is 0 Å². The zero-order valence-corrected chi connectivity index (χ0v) is 15.8. The summed E-state index contributed by atoms with van der Waals surface area (Å²) in [5.41, 5.74) is 0.871. The summed E-state index contributed by atoms with van der Waals surface area (Å²) in [4.78, 5) is -0.0549. The Morgan fingerprint density at radius 1 is 1.42 bits per heavy atom. The topological polar surface area (TPSA) is 73.7 Å². The van der Waals surface area contributed by atoms with Crippen molar-refractivity contribution in [2.45, 2.75) is 31.4 Å². The fraction of sp³-hybridized carbons (Fsp3) is 0.471. The van der Waals surface area contributed by atoms with Gasteiger partial charge in [0.05, 0.1) is 30.9 Å². The molecule has 26 heavy (non-hydrogen) atoms. The van der Waals surface area contributed by atoms with E-state index >= 15 is 0 Å². The summed E-state index contributed by atoms with van der Waals surface area (Å²) in [5.74, 6) is -0.643. The van der Waals surface area contributed by atoms with Crippen molar-refractivity contribution in [2.24, 2.45) is 0 Å². The Morgan fingerprint density at radius 2 is 2.19 bits per heavy atom. The number of ether oxygens (including phenoxy) is 2. The molecule has 0 bridgehead atoms. The van der Waals surface area contributed by atoms with E-state index in [-0.39, 0.29) is 35.9 Å². The van der Waals surface area contributed by atoms with E-state index in [1.165, 1.54) is 30.5 Å². The molecule has 0 spiro atoms. The van der Waals surface area contributed by atoms with E-state index in [2.05, 4.69) is 5.10 Å². The second-order valence-corrected chi connectivity index (χ2v) is 7.96. The van der Waals surface area contributed by atoms with E-state index < -0.39 is 21.9 Å². The molecule has 1 unspecified atom stereocenters. The van der Waals surface area contributed by atoms with Crippen LogP contribution in [0.5, 0.6) is 5.75 Å². The number of halogens is 1. The van der Waals surface area contributed by atoms with Gasteiger partial charge in [-0.25, -0.2) is 12.8 Å². The second-order valence-electron chi connectivity index (χ2n) is 6.06. The number of sulfonamides is 1. The van der Waals surface area contributed by atoms with Crippen molar-refractivity contribution in [1.29, 1.82) is 0 Å². The largest absolute Gasteiger partial charge is 0.494 e. The molecular weight excluding hydrogens is 361 g/mol. The Bertz CT molecular complexity index is 897. The maximum Gasteiger partial charge on any atom is 0.243 e. The van der Waals surface area contributed by atoms with Gasteiger partial charge in [-0.05, 0) is 26.0 Å². The SMILES string of the molecule is CCn1cc(C2CN(S(=O)(=O)c3ccc(OC)c(F)c3C)CCO2)cn1. The van der Waals surface area contributed by atoms with E-state index in [0.29, 0.717) is 0 Å². The van der Waals surface area contributed by atoms with Gasteiger partial charge >= 0.3 is 0 Å². The Balaban J connectivity index is 1.88. The van der Waals surface area contributed by atoms with Crippen LogP contribution in [0.4, 0.5) is 4.39 Å². The second kappa shape index (κ2) is 7.34. The molecule has 1 saturated heterocycles. The van der Waals surface area contributed by atoms with E-state index in [4.69, 9.17) is 9.47 Å². The van der Waals surface area contributed by atoms with Crippen LogP contribution < -0.4 is 4.74 Å². The molecular formula is C17H22FN3O4S. The van der Waals surface area contributed by atoms with Crippen LogP contribution in [0.3, 0.4) is 0 Å². The molecule has 3 rings (SSSR count). The molecule has 1 aliphatic heterocycles. The third-order valence-corrected chi connectivity index (χ3v) is 6.53. The molecule has 0 amide bonds. The molecule has 142 valence electrons. The van der Waals surface area contributed by atoms with Crippen LogP contribution in [0, 0.1) is 12.7 Å². The number of hydrogen-bond acceptors (Lipinski definition) is 5. The van der Waals surface area contributed by atoms with Gasteiger partial charge in [0, 0.05) is 37.0 Å². The molecule has 0 aliphatic carbocycles. The summed E-state index contributed by atoms with van der Waals surface area (Å²) in [6, 6.07) is 2.71. The lowest BCUT2D eigenvalue weighted by atomic mass is 10.2. The van der Waals surface area contributed by atoms with Crippen LogP contribution in [0.2, 0.25) is 0 Å². The number of benzene rings is 1. The number of nitrogens with zero attached hydrogens (tertiary/aromatic N) is 3. The minimum Gasteiger partial charge on any atom is -0.494 e. The zero-order chi connectivity index (χ0) is 18.9. The van der Waals surface area contributed by atoms with E-state index in [9.17, 15) is 12.8 Å². The number of rotatable bonds is 5. The van der Waals surface area contributed by atoms with Gasteiger partial charge in [0.2, 0.25) is 10.0 Å². The van der Waals surface area contributed by atoms with Crippen molar-refractivity contribution < 1.29 is 22.3 Å². The highest BCUT2D eigenvalue weighted by molar-refractivity contribution is 7.89. The van der Waals surface area contributed by atoms with Crippen LogP contribution in [-0.2, 0) is 21.3 Å². The molecule has 2 aromatic rings. The fourth-order valence-corrected chi connectivity index (χ4v) is 4.62. The van der Waals surface area contributed by atoms with Crippen LogP contribution in [0.15, 0.2) is 29.4 Å². The van der Waals surface area contributed by atoms with E-state index in [1.54, 1.807) is 10.9 Å². The minimum atomic E-state index is -3.85. The van der Waals surface area contributed by atoms with Crippen molar-refractivity contribution in [3.8, 4) is 5.75 Å². The molecule has 1 aromatic carbocycles. The maximum atomic E-state index is 14.3. The van der Waals surface area contributed by atoms with Gasteiger partial charge in [0.1, 0.15) is 0 Å². The molecule has 1 atom stereocenters. The molecule has 0 N–H and O–H groups in total. The average molecular weight is 383 g/mol. The first-order valence-corrected chi connectivity index (χ1v) is 9.79. The summed E-state index contributed by atoms with van der Waals surface area (Å²) in [6.45, 7) is 4.76. The molecule has 1 aromatic heterocycles. The molecule has 2 heterocycles. The van der Waals surface area contributed by atoms with Gasteiger partial charge in [0.25, 0.3) is 0 Å². The summed E-state index contributed by atoms with van der Waals surface area (Å²) in [7, 11) is -2.51. The lowest BCUT2D eigenvalue weighted by Crippen LogP contribution is -2.42. The van der Waals surface area contributed by atoms with Crippen LogP contribution in [-0.4, -0.2) is 49.3 Å². The quantitative estimate of drug-likeness (QED) is 0.791. The molecule has 9 heteroatoms. The first kappa shape index (κ1) is 18.8. The minimum absolute atomic E-state index is 0.0216. The van der Waals surface area contributed by atoms with Crippen molar-refractivity contribution in [3.05, 3.63) is 41.5 Å². The monoisotopic (exact) mass is 383 g/mol. The lowest BCUT2D eigenvalue weighted by Gasteiger charge is -2.32. The van der Waals surface area contributed by atoms with Crippen molar-refractivity contribution in [2.75, 3.05) is 26.8 Å². The number of aryl methyl sites for hydroxylation is 1. The molecule has 1 fully saturated rings. The predicted octanol–water partition coefficient (Wildman–Crippen LogP) is 2.12. The molecule has 1 aliphatic rings. The van der Waals surface area contributed by atoms with E-state index in [1.807, 2.05) is 13.1 Å². The molecule has 0 radical (unpaired) electrons. The summed E-state index contributed by atoms with van der Waals surface area (Å²) < 4.78 is 54.1. The highest BCUT2D eigenvalue weighted by atomic mass is 32.2. The van der Waals surface area contributed by atoms with Crippen molar-refractivity contribution >= 4 is 10.0 Å². The van der Waals surface area contributed by atoms with Crippen LogP contribution >= 0.6 is 0 Å². The first-order chi connectivity index (χ1) is 12.4. The lowest BCUT2D eigenvalue weighted by molar-refractivity contribution is -0.00261. The van der Waals surface area contributed by atoms with E-state index in [0.717, 1.165) is 12.1 Å². The summed E-state index contributed by atoms with van der Waals surface area (Å²) in [6.07, 6.45) is 3.13. The molecule has 0 saturated carbocycles. The van der Waals surface area contributed by atoms with Crippen LogP contribution in [0.1, 0.15) is 24.2 Å². The van der Waals surface area contributed by atoms with Crippen molar-refractivity contribution in [1.82, 2.24) is 14.1 Å². The summed E-state index contributed by atoms with van der Waals surface area (Å²) >= 11 is 0. The third kappa shape index (κ3) is 3.34. The third-order valence-electron chi connectivity index (χ3n) is 4.52. The Kier molecular flexibility index (Phi) is 5.31. The standard InChI is InChI=1S/C17H22FN3O4S/c1-4-20-10-13(9-19-20)15-11-21(7-8-25-15)26(22,23)16-6-5-14(24-3)17(18)12(16)2/h5-6,9-10,15H,4,7-8,11H2,1-3H3. The number of aromatic nitrogens is 2. The smallest absolute Gasteiger partial charge is 0.243 e. The Morgan fingerprint density at radius 3 is 2.85 bits per heavy atom.